The lowest BCUT2D eigenvalue weighted by atomic mass is 9.94. The first-order valence-corrected chi connectivity index (χ1v) is 9.04. The molecule has 3 aromatic rings. The van der Waals surface area contributed by atoms with E-state index in [1.807, 2.05) is 42.7 Å². The van der Waals surface area contributed by atoms with Gasteiger partial charge in [-0.2, -0.15) is 0 Å². The number of benzene rings is 2. The van der Waals surface area contributed by atoms with E-state index in [-0.39, 0.29) is 5.75 Å². The first kappa shape index (κ1) is 17.9. The highest BCUT2D eigenvalue weighted by atomic mass is 16.5. The molecule has 28 heavy (non-hydrogen) atoms. The molecule has 2 heterocycles. The molecule has 7 heteroatoms. The third-order valence-electron chi connectivity index (χ3n) is 4.84. The van der Waals surface area contributed by atoms with Gasteiger partial charge in [0.1, 0.15) is 0 Å². The monoisotopic (exact) mass is 379 g/mol. The summed E-state index contributed by atoms with van der Waals surface area (Å²) in [6.45, 7) is 4.09. The number of imidazole rings is 1. The zero-order valence-electron chi connectivity index (χ0n) is 15.9. The van der Waals surface area contributed by atoms with Gasteiger partial charge in [-0.25, -0.2) is 9.78 Å². The number of allylic oxidation sites excluding steroid dienone is 1. The van der Waals surface area contributed by atoms with E-state index >= 15 is 0 Å². The number of fused-ring (bicyclic) bond motifs is 3. The molecule has 1 aromatic heterocycles. The maximum absolute atomic E-state index is 12.7. The number of ether oxygens (including phenoxy) is 2. The van der Waals surface area contributed by atoms with Gasteiger partial charge in [-0.1, -0.05) is 18.2 Å². The summed E-state index contributed by atoms with van der Waals surface area (Å²) in [5, 5.41) is 13.3. The molecule has 1 atom stereocenters. The third kappa shape index (κ3) is 2.76. The van der Waals surface area contributed by atoms with Gasteiger partial charge in [0.05, 0.1) is 36.4 Å². The van der Waals surface area contributed by atoms with E-state index in [0.717, 1.165) is 16.6 Å². The lowest BCUT2D eigenvalue weighted by Gasteiger charge is -2.30. The van der Waals surface area contributed by atoms with E-state index in [9.17, 15) is 9.90 Å². The average molecular weight is 379 g/mol. The molecule has 0 saturated heterocycles. The summed E-state index contributed by atoms with van der Waals surface area (Å²) in [4.78, 5) is 17.3. The first-order chi connectivity index (χ1) is 13.5. The van der Waals surface area contributed by atoms with Crippen molar-refractivity contribution in [2.75, 3.05) is 19.0 Å². The van der Waals surface area contributed by atoms with Crippen LogP contribution in [0, 0.1) is 0 Å². The molecule has 144 valence electrons. The van der Waals surface area contributed by atoms with Crippen LogP contribution in [0.5, 0.6) is 11.5 Å². The highest BCUT2D eigenvalue weighted by molar-refractivity contribution is 5.94. The molecule has 1 aliphatic heterocycles. The number of methoxy groups -OCH3 is 1. The van der Waals surface area contributed by atoms with E-state index in [1.54, 1.807) is 18.2 Å². The molecular weight excluding hydrogens is 358 g/mol. The van der Waals surface area contributed by atoms with E-state index in [1.165, 1.54) is 7.11 Å². The third-order valence-corrected chi connectivity index (χ3v) is 4.84. The Morgan fingerprint density at radius 1 is 1.29 bits per heavy atom. The molecule has 2 N–H and O–H groups in total. The zero-order valence-corrected chi connectivity index (χ0v) is 15.9. The van der Waals surface area contributed by atoms with Crippen molar-refractivity contribution in [1.82, 2.24) is 9.55 Å². The lowest BCUT2D eigenvalue weighted by molar-refractivity contribution is -0.136. The smallest absolute Gasteiger partial charge is 0.337 e. The molecule has 0 saturated carbocycles. The number of aromatic nitrogens is 2. The molecule has 0 fully saturated rings. The summed E-state index contributed by atoms with van der Waals surface area (Å²) >= 11 is 0. The number of phenols is 1. The summed E-state index contributed by atoms with van der Waals surface area (Å²) in [5.74, 6) is 0.633. The minimum atomic E-state index is -0.476. The summed E-state index contributed by atoms with van der Waals surface area (Å²) in [7, 11) is 1.36. The van der Waals surface area contributed by atoms with Crippen molar-refractivity contribution < 1.29 is 19.4 Å². The second kappa shape index (κ2) is 6.92. The topological polar surface area (TPSA) is 85.6 Å². The number of para-hydroxylation sites is 2. The molecule has 0 amide bonds. The van der Waals surface area contributed by atoms with Crippen LogP contribution in [0.1, 0.15) is 25.5 Å². The fraction of sp³-hybridized carbons (Fsp3) is 0.238. The van der Waals surface area contributed by atoms with Crippen LogP contribution in [-0.2, 0) is 9.53 Å². The zero-order chi connectivity index (χ0) is 19.8. The van der Waals surface area contributed by atoms with Gasteiger partial charge in [-0.3, -0.25) is 4.57 Å². The standard InChI is InChI=1S/C21H21N3O4/c1-4-28-17-11-13(9-10-16(17)25)19-18(20(26)27-3)12(2)22-21-23-14-7-5-6-8-15(14)24(19)21/h5-11,19,25H,4H2,1-3H3,(H,22,23)/t19-/m1/s1. The van der Waals surface area contributed by atoms with Crippen molar-refractivity contribution in [3.63, 3.8) is 0 Å². The molecule has 0 unspecified atom stereocenters. The number of nitrogens with one attached hydrogen (secondary N) is 1. The van der Waals surface area contributed by atoms with E-state index in [4.69, 9.17) is 9.47 Å². The Bertz CT molecular complexity index is 1100. The Hall–Kier alpha value is -3.48. The van der Waals surface area contributed by atoms with Crippen LogP contribution in [0.25, 0.3) is 11.0 Å². The molecule has 1 aliphatic rings. The number of nitrogens with zero attached hydrogens (tertiary/aromatic N) is 2. The number of hydrogen-bond donors (Lipinski definition) is 2. The average Bonchev–Trinajstić information content (AvgIpc) is 3.06. The molecular formula is C21H21N3O4. The van der Waals surface area contributed by atoms with Gasteiger partial charge >= 0.3 is 5.97 Å². The molecule has 4 rings (SSSR count). The number of anilines is 1. The van der Waals surface area contributed by atoms with Gasteiger partial charge < -0.3 is 19.9 Å². The molecule has 7 nitrogen and oxygen atoms in total. The number of carbonyl (C=O) groups is 1. The number of carbonyl (C=O) groups excluding carboxylic acids is 1. The van der Waals surface area contributed by atoms with Crippen molar-refractivity contribution in [3.05, 3.63) is 59.3 Å². The second-order valence-corrected chi connectivity index (χ2v) is 6.51. The summed E-state index contributed by atoms with van der Waals surface area (Å²) in [6.07, 6.45) is 0. The van der Waals surface area contributed by atoms with Gasteiger partial charge in [0.2, 0.25) is 5.95 Å². The quantitative estimate of drug-likeness (QED) is 0.674. The maximum Gasteiger partial charge on any atom is 0.337 e. The molecule has 0 aliphatic carbocycles. The first-order valence-electron chi connectivity index (χ1n) is 9.04. The Balaban J connectivity index is 1.99. The summed E-state index contributed by atoms with van der Waals surface area (Å²) < 4.78 is 12.6. The SMILES string of the molecule is CCOc1cc([C@@H]2C(C(=O)OC)=C(C)Nc3nc4ccccc4n32)ccc1O. The van der Waals surface area contributed by atoms with Crippen LogP contribution < -0.4 is 10.1 Å². The van der Waals surface area contributed by atoms with E-state index in [0.29, 0.717) is 29.6 Å². The van der Waals surface area contributed by atoms with Crippen LogP contribution in [0.4, 0.5) is 5.95 Å². The van der Waals surface area contributed by atoms with Gasteiger partial charge in [0, 0.05) is 5.70 Å². The van der Waals surface area contributed by atoms with Crippen molar-refractivity contribution >= 4 is 23.0 Å². The number of rotatable bonds is 4. The van der Waals surface area contributed by atoms with Gasteiger partial charge in [0.25, 0.3) is 0 Å². The van der Waals surface area contributed by atoms with E-state index in [2.05, 4.69) is 10.3 Å². The van der Waals surface area contributed by atoms with Gasteiger partial charge in [-0.15, -0.1) is 0 Å². The van der Waals surface area contributed by atoms with Crippen LogP contribution in [-0.4, -0.2) is 34.3 Å². The molecule has 0 spiro atoms. The number of phenolic OH excluding ortho intramolecular Hbond substituents is 1. The lowest BCUT2D eigenvalue weighted by Crippen LogP contribution is -2.28. The highest BCUT2D eigenvalue weighted by Gasteiger charge is 2.35. The van der Waals surface area contributed by atoms with E-state index < -0.39 is 12.0 Å². The summed E-state index contributed by atoms with van der Waals surface area (Å²) in [6, 6.07) is 12.4. The Morgan fingerprint density at radius 2 is 2.07 bits per heavy atom. The Kier molecular flexibility index (Phi) is 4.43. The highest BCUT2D eigenvalue weighted by Crippen LogP contribution is 2.41. The molecule has 0 bridgehead atoms. The van der Waals surface area contributed by atoms with Crippen LogP contribution in [0.3, 0.4) is 0 Å². The van der Waals surface area contributed by atoms with Gasteiger partial charge in [-0.05, 0) is 43.7 Å². The predicted molar refractivity (Wildman–Crippen MR) is 105 cm³/mol. The largest absolute Gasteiger partial charge is 0.504 e. The minimum Gasteiger partial charge on any atom is -0.504 e. The minimum absolute atomic E-state index is 0.0515. The predicted octanol–water partition coefficient (Wildman–Crippen LogP) is 3.60. The van der Waals surface area contributed by atoms with Crippen molar-refractivity contribution in [2.45, 2.75) is 19.9 Å². The van der Waals surface area contributed by atoms with Crippen LogP contribution >= 0.6 is 0 Å². The normalized spacial score (nSPS) is 15.9. The van der Waals surface area contributed by atoms with Crippen molar-refractivity contribution in [3.8, 4) is 11.5 Å². The Labute approximate surface area is 162 Å². The number of aromatic hydroxyl groups is 1. The molecule has 0 radical (unpaired) electrons. The van der Waals surface area contributed by atoms with Crippen molar-refractivity contribution in [2.24, 2.45) is 0 Å². The second-order valence-electron chi connectivity index (χ2n) is 6.51. The van der Waals surface area contributed by atoms with Crippen LogP contribution in [0.2, 0.25) is 0 Å². The van der Waals surface area contributed by atoms with Crippen LogP contribution in [0.15, 0.2) is 53.7 Å². The Morgan fingerprint density at radius 3 is 2.82 bits per heavy atom. The summed E-state index contributed by atoms with van der Waals surface area (Å²) in [5.41, 5.74) is 3.64. The van der Waals surface area contributed by atoms with Gasteiger partial charge in [0.15, 0.2) is 11.5 Å². The fourth-order valence-electron chi connectivity index (χ4n) is 3.63. The van der Waals surface area contributed by atoms with Crippen molar-refractivity contribution in [1.29, 1.82) is 0 Å². The molecule has 2 aromatic carbocycles. The fourth-order valence-corrected chi connectivity index (χ4v) is 3.63. The number of esters is 1. The number of hydrogen-bond acceptors (Lipinski definition) is 6. The maximum atomic E-state index is 12.7.